The molecule has 1 aliphatic rings. The summed E-state index contributed by atoms with van der Waals surface area (Å²) in [5.41, 5.74) is 1.08. The van der Waals surface area contributed by atoms with Gasteiger partial charge in [0.15, 0.2) is 6.34 Å². The first-order chi connectivity index (χ1) is 9.46. The van der Waals surface area contributed by atoms with E-state index in [1.165, 1.54) is 6.07 Å². The Balaban J connectivity index is 2.35. The largest absolute Gasteiger partial charge is 0.273 e. The second kappa shape index (κ2) is 6.08. The number of rotatable bonds is 5. The fraction of sp³-hybridized carbons (Fsp3) is 0.400. The molecular weight excluding hydrogens is 273 g/mol. The molecule has 1 heterocycles. The number of hydrogen-bond acceptors (Lipinski definition) is 3. The van der Waals surface area contributed by atoms with Gasteiger partial charge in [-0.2, -0.15) is 0 Å². The van der Waals surface area contributed by atoms with Crippen LogP contribution in [0.25, 0.3) is 0 Å². The number of halogens is 1. The first-order valence-corrected chi connectivity index (χ1v) is 7.51. The molecule has 0 amide bonds. The Bertz CT molecular complexity index is 554. The number of thioether (sulfide) groups is 1. The minimum absolute atomic E-state index is 0.205. The Kier molecular flexibility index (Phi) is 4.62. The zero-order valence-corrected chi connectivity index (χ0v) is 13.2. The van der Waals surface area contributed by atoms with Gasteiger partial charge in [0.1, 0.15) is 18.2 Å². The van der Waals surface area contributed by atoms with E-state index in [1.54, 1.807) is 23.9 Å². The highest BCUT2D eigenvalue weighted by atomic mass is 32.2. The summed E-state index contributed by atoms with van der Waals surface area (Å²) in [6.07, 6.45) is 1.95. The van der Waals surface area contributed by atoms with Crippen molar-refractivity contribution in [1.82, 2.24) is 5.32 Å². The first kappa shape index (κ1) is 15.2. The van der Waals surface area contributed by atoms with E-state index in [2.05, 4.69) is 31.2 Å². The molecule has 0 saturated carbocycles. The van der Waals surface area contributed by atoms with Gasteiger partial charge >= 0.3 is 0 Å². The van der Waals surface area contributed by atoms with Gasteiger partial charge in [-0.25, -0.2) is 13.9 Å². The van der Waals surface area contributed by atoms with E-state index in [0.717, 1.165) is 22.3 Å². The summed E-state index contributed by atoms with van der Waals surface area (Å²) in [5, 5.41) is 4.35. The van der Waals surface area contributed by atoms with Crippen LogP contribution in [0.5, 0.6) is 0 Å². The van der Waals surface area contributed by atoms with Crippen LogP contribution in [-0.2, 0) is 0 Å². The van der Waals surface area contributed by atoms with Crippen molar-refractivity contribution in [3.05, 3.63) is 40.8 Å². The summed E-state index contributed by atoms with van der Waals surface area (Å²) < 4.78 is 14.0. The van der Waals surface area contributed by atoms with Crippen LogP contribution in [0.4, 0.5) is 4.39 Å². The van der Waals surface area contributed by atoms with Crippen LogP contribution in [-0.4, -0.2) is 31.6 Å². The predicted octanol–water partition coefficient (Wildman–Crippen LogP) is 3.41. The number of nitrogens with zero attached hydrogens (tertiary/aromatic N) is 2. The van der Waals surface area contributed by atoms with Gasteiger partial charge in [-0.1, -0.05) is 19.9 Å². The van der Waals surface area contributed by atoms with Crippen LogP contribution in [0.15, 0.2) is 44.9 Å². The van der Waals surface area contributed by atoms with Gasteiger partial charge in [-0.15, -0.1) is 0 Å². The molecule has 5 heteroatoms. The number of hydrogen-bond donors (Lipinski definition) is 1. The molecule has 1 aliphatic heterocycles. The molecule has 108 valence electrons. The number of nitrogens with one attached hydrogen (secondary N) is 1. The van der Waals surface area contributed by atoms with Crippen molar-refractivity contribution in [2.24, 2.45) is 10.9 Å². The van der Waals surface area contributed by atoms with E-state index in [0.29, 0.717) is 10.4 Å². The third-order valence-electron chi connectivity index (χ3n) is 3.18. The Morgan fingerprint density at radius 2 is 2.15 bits per heavy atom. The van der Waals surface area contributed by atoms with Gasteiger partial charge < -0.3 is 0 Å². The Hall–Kier alpha value is -1.17. The van der Waals surface area contributed by atoms with Crippen LogP contribution in [0, 0.1) is 11.7 Å². The molecule has 1 aromatic rings. The number of aliphatic imine (C=N–C) groups is 1. The van der Waals surface area contributed by atoms with Crippen molar-refractivity contribution in [2.75, 3.05) is 20.8 Å². The van der Waals surface area contributed by atoms with Crippen molar-refractivity contribution in [3.8, 4) is 0 Å². The van der Waals surface area contributed by atoms with Crippen LogP contribution >= 0.6 is 11.8 Å². The topological polar surface area (TPSA) is 24.4 Å². The van der Waals surface area contributed by atoms with E-state index in [1.807, 2.05) is 19.5 Å². The van der Waals surface area contributed by atoms with E-state index >= 15 is 0 Å². The van der Waals surface area contributed by atoms with Gasteiger partial charge in [-0.3, -0.25) is 5.32 Å². The van der Waals surface area contributed by atoms with E-state index in [4.69, 9.17) is 0 Å². The number of quaternary nitrogens is 1. The highest BCUT2D eigenvalue weighted by molar-refractivity contribution is 8.02. The lowest BCUT2D eigenvalue weighted by Gasteiger charge is -2.27. The summed E-state index contributed by atoms with van der Waals surface area (Å²) in [6, 6.07) is 6.71. The smallest absolute Gasteiger partial charge is 0.201 e. The first-order valence-electron chi connectivity index (χ1n) is 6.69. The zero-order valence-electron chi connectivity index (χ0n) is 12.4. The molecule has 3 nitrogen and oxygen atoms in total. The maximum absolute atomic E-state index is 13.4. The average molecular weight is 294 g/mol. The summed E-state index contributed by atoms with van der Waals surface area (Å²) in [4.78, 5) is 5.49. The quantitative estimate of drug-likeness (QED) is 0.842. The maximum Gasteiger partial charge on any atom is 0.201 e. The zero-order chi connectivity index (χ0) is 14.8. The number of benzene rings is 1. The minimum atomic E-state index is -0.205. The average Bonchev–Trinajstić information content (AvgIpc) is 2.68. The third-order valence-corrected chi connectivity index (χ3v) is 4.49. The molecular formula is C15H21FN3S+. The van der Waals surface area contributed by atoms with E-state index in [9.17, 15) is 4.39 Å². The van der Waals surface area contributed by atoms with Crippen LogP contribution in [0.2, 0.25) is 0 Å². The van der Waals surface area contributed by atoms with Crippen LogP contribution < -0.4 is 5.32 Å². The lowest BCUT2D eigenvalue weighted by atomic mass is 10.1. The van der Waals surface area contributed by atoms with Crippen LogP contribution in [0.1, 0.15) is 13.8 Å². The SMILES string of the molecule is CNC[N+]1(C)C=NC(C(C)C)=C1Sc1cccc(F)c1. The van der Waals surface area contributed by atoms with Gasteiger partial charge in [0.25, 0.3) is 0 Å². The second-order valence-electron chi connectivity index (χ2n) is 5.43. The maximum atomic E-state index is 13.4. The van der Waals surface area contributed by atoms with E-state index in [-0.39, 0.29) is 5.82 Å². The van der Waals surface area contributed by atoms with Gasteiger partial charge in [0.2, 0.25) is 5.03 Å². The van der Waals surface area contributed by atoms with Gasteiger partial charge in [-0.05, 0) is 37.0 Å². The van der Waals surface area contributed by atoms with Gasteiger partial charge in [0.05, 0.1) is 7.05 Å². The summed E-state index contributed by atoms with van der Waals surface area (Å²) in [7, 11) is 4.03. The Morgan fingerprint density at radius 3 is 2.75 bits per heavy atom. The van der Waals surface area contributed by atoms with Crippen molar-refractivity contribution in [3.63, 3.8) is 0 Å². The van der Waals surface area contributed by atoms with Crippen molar-refractivity contribution < 1.29 is 8.87 Å². The molecule has 0 radical (unpaired) electrons. The standard InChI is InChI=1S/C15H21FN3S/c1-11(2)14-15(19(4,9-17-3)10-18-14)20-13-7-5-6-12(16)8-13/h5-8,10-11,17H,9H2,1-4H3/q+1. The lowest BCUT2D eigenvalue weighted by Crippen LogP contribution is -2.45. The molecule has 1 N–H and O–H groups in total. The molecule has 1 unspecified atom stereocenters. The molecule has 1 atom stereocenters. The van der Waals surface area contributed by atoms with Crippen molar-refractivity contribution in [1.29, 1.82) is 0 Å². The van der Waals surface area contributed by atoms with E-state index < -0.39 is 0 Å². The lowest BCUT2D eigenvalue weighted by molar-refractivity contribution is -0.765. The molecule has 0 fully saturated rings. The Morgan fingerprint density at radius 1 is 1.40 bits per heavy atom. The molecule has 0 aliphatic carbocycles. The molecule has 2 rings (SSSR count). The Labute approximate surface area is 124 Å². The fourth-order valence-electron chi connectivity index (χ4n) is 2.19. The monoisotopic (exact) mass is 294 g/mol. The molecule has 0 bridgehead atoms. The summed E-state index contributed by atoms with van der Waals surface area (Å²) in [6.45, 7) is 5.03. The molecule has 0 saturated heterocycles. The van der Waals surface area contributed by atoms with Crippen LogP contribution in [0.3, 0.4) is 0 Å². The minimum Gasteiger partial charge on any atom is -0.273 e. The van der Waals surface area contributed by atoms with Gasteiger partial charge in [0, 0.05) is 10.8 Å². The summed E-state index contributed by atoms with van der Waals surface area (Å²) in [5.74, 6) is 0.141. The molecule has 20 heavy (non-hydrogen) atoms. The highest BCUT2D eigenvalue weighted by Crippen LogP contribution is 2.40. The highest BCUT2D eigenvalue weighted by Gasteiger charge is 2.36. The summed E-state index contributed by atoms with van der Waals surface area (Å²) >= 11 is 1.60. The second-order valence-corrected chi connectivity index (χ2v) is 6.49. The molecule has 0 spiro atoms. The third kappa shape index (κ3) is 3.11. The van der Waals surface area contributed by atoms with Crippen molar-refractivity contribution >= 4 is 18.1 Å². The normalized spacial score (nSPS) is 22.1. The van der Waals surface area contributed by atoms with Crippen molar-refractivity contribution in [2.45, 2.75) is 18.7 Å². The molecule has 1 aromatic carbocycles. The molecule has 0 aromatic heterocycles. The fourth-order valence-corrected chi connectivity index (χ4v) is 3.45. The number of allylic oxidation sites excluding steroid dienone is 1. The predicted molar refractivity (Wildman–Crippen MR) is 82.7 cm³/mol.